The van der Waals surface area contributed by atoms with Gasteiger partial charge in [0.15, 0.2) is 11.6 Å². The monoisotopic (exact) mass is 558 g/mol. The molecule has 0 radical (unpaired) electrons. The Balaban J connectivity index is 1.34. The average Bonchev–Trinajstić information content (AvgIpc) is 3.48. The quantitative estimate of drug-likeness (QED) is 0.226. The third-order valence-corrected chi connectivity index (χ3v) is 8.50. The van der Waals surface area contributed by atoms with Crippen LogP contribution in [0.5, 0.6) is 0 Å². The van der Waals surface area contributed by atoms with Crippen molar-refractivity contribution in [3.63, 3.8) is 0 Å². The van der Waals surface area contributed by atoms with Gasteiger partial charge in [-0.25, -0.2) is 4.90 Å². The molecule has 4 atom stereocenters. The van der Waals surface area contributed by atoms with E-state index in [1.54, 1.807) is 77.8 Å². The average molecular weight is 559 g/mol. The third-order valence-electron chi connectivity index (χ3n) is 8.25. The highest BCUT2D eigenvalue weighted by molar-refractivity contribution is 6.31. The normalized spacial score (nSPS) is 23.0. The maximum absolute atomic E-state index is 14.2. The predicted molar refractivity (Wildman–Crippen MR) is 157 cm³/mol. The molecular formula is C34H23ClN2O4. The van der Waals surface area contributed by atoms with E-state index in [9.17, 15) is 19.2 Å². The zero-order chi connectivity index (χ0) is 28.2. The number of carbonyl (C=O) groups excluding carboxylic acids is 4. The number of rotatable bonds is 5. The summed E-state index contributed by atoms with van der Waals surface area (Å²) >= 11 is 6.07. The summed E-state index contributed by atoms with van der Waals surface area (Å²) in [7, 11) is 0. The zero-order valence-corrected chi connectivity index (χ0v) is 22.4. The summed E-state index contributed by atoms with van der Waals surface area (Å²) in [6.07, 6.45) is 5.08. The minimum absolute atomic E-state index is 0.187. The van der Waals surface area contributed by atoms with Crippen molar-refractivity contribution in [2.45, 2.75) is 12.1 Å². The van der Waals surface area contributed by atoms with Gasteiger partial charge in [0.2, 0.25) is 11.8 Å². The Morgan fingerprint density at radius 1 is 0.707 bits per heavy atom. The highest BCUT2D eigenvalue weighted by Gasteiger charge is 2.63. The molecule has 2 fully saturated rings. The first-order valence-electron chi connectivity index (χ1n) is 13.4. The van der Waals surface area contributed by atoms with Gasteiger partial charge in [-0.3, -0.25) is 19.2 Å². The van der Waals surface area contributed by atoms with Gasteiger partial charge in [0.05, 0.1) is 23.6 Å². The van der Waals surface area contributed by atoms with Gasteiger partial charge in [-0.2, -0.15) is 0 Å². The fourth-order valence-electron chi connectivity index (χ4n) is 6.38. The SMILES string of the molecule is O=C(C1=C[C@H]2[C@@H]3C(=O)N(c4cccc5ccccc45)C(=O)[C@@H]3[C@H](C(=O)c3ccc(Cl)cc3)N2C=C1)c1ccccc1. The van der Waals surface area contributed by atoms with Crippen molar-refractivity contribution >= 4 is 51.4 Å². The number of amides is 2. The largest absolute Gasteiger partial charge is 0.359 e. The summed E-state index contributed by atoms with van der Waals surface area (Å²) < 4.78 is 0. The van der Waals surface area contributed by atoms with E-state index in [0.717, 1.165) is 10.8 Å². The Morgan fingerprint density at radius 2 is 1.39 bits per heavy atom. The minimum atomic E-state index is -0.929. The zero-order valence-electron chi connectivity index (χ0n) is 21.7. The Kier molecular flexibility index (Phi) is 5.94. The number of hydrogen-bond donors (Lipinski definition) is 0. The second-order valence-electron chi connectivity index (χ2n) is 10.4. The fraction of sp³-hybridized carbons (Fsp3) is 0.118. The molecule has 3 aliphatic heterocycles. The topological polar surface area (TPSA) is 74.8 Å². The number of imide groups is 1. The first-order chi connectivity index (χ1) is 19.9. The number of halogens is 1. The summed E-state index contributed by atoms with van der Waals surface area (Å²) in [5.74, 6) is -3.04. The molecule has 2 saturated heterocycles. The molecule has 6 nitrogen and oxygen atoms in total. The third kappa shape index (κ3) is 3.94. The molecule has 41 heavy (non-hydrogen) atoms. The molecule has 200 valence electrons. The summed E-state index contributed by atoms with van der Waals surface area (Å²) in [5, 5.41) is 2.16. The number of Topliss-reactive ketones (excluding diaryl/α,β-unsaturated/α-hetero) is 2. The van der Waals surface area contributed by atoms with Crippen LogP contribution in [-0.4, -0.2) is 40.4 Å². The van der Waals surface area contributed by atoms with Crippen LogP contribution >= 0.6 is 11.6 Å². The standard InChI is InChI=1S/C34H23ClN2O4/c35-24-15-13-22(14-16-24)32(39)30-29-28(27-19-23(17-18-36(27)30)31(38)21-8-2-1-3-9-21)33(40)37(34(29)41)26-12-6-10-20-7-4-5-11-25(20)26/h1-19,27-30H/t27-,28-,29-,30+/m0/s1. The van der Waals surface area contributed by atoms with Crippen LogP contribution in [-0.2, 0) is 9.59 Å². The summed E-state index contributed by atoms with van der Waals surface area (Å²) in [6, 6.07) is 26.9. The number of nitrogens with zero attached hydrogens (tertiary/aromatic N) is 2. The molecule has 2 amide bonds. The highest BCUT2D eigenvalue weighted by Crippen LogP contribution is 2.48. The van der Waals surface area contributed by atoms with E-state index in [1.165, 1.54) is 4.90 Å². The van der Waals surface area contributed by atoms with Crippen molar-refractivity contribution in [2.75, 3.05) is 4.90 Å². The summed E-state index contributed by atoms with van der Waals surface area (Å²) in [5.41, 5.74) is 1.82. The molecule has 0 spiro atoms. The highest BCUT2D eigenvalue weighted by atomic mass is 35.5. The van der Waals surface area contributed by atoms with Gasteiger partial charge < -0.3 is 4.90 Å². The molecule has 3 heterocycles. The lowest BCUT2D eigenvalue weighted by molar-refractivity contribution is -0.123. The van der Waals surface area contributed by atoms with Crippen LogP contribution in [0.15, 0.2) is 121 Å². The molecule has 0 N–H and O–H groups in total. The number of benzene rings is 4. The molecule has 3 aliphatic rings. The number of anilines is 1. The van der Waals surface area contributed by atoms with Crippen LogP contribution in [0, 0.1) is 11.8 Å². The van der Waals surface area contributed by atoms with Crippen molar-refractivity contribution in [3.8, 4) is 0 Å². The molecule has 0 aliphatic carbocycles. The van der Waals surface area contributed by atoms with Crippen molar-refractivity contribution in [2.24, 2.45) is 11.8 Å². The Bertz CT molecular complexity index is 1810. The fourth-order valence-corrected chi connectivity index (χ4v) is 6.51. The van der Waals surface area contributed by atoms with E-state index in [2.05, 4.69) is 0 Å². The second kappa shape index (κ2) is 9.68. The van der Waals surface area contributed by atoms with E-state index >= 15 is 0 Å². The maximum Gasteiger partial charge on any atom is 0.240 e. The van der Waals surface area contributed by atoms with E-state index in [-0.39, 0.29) is 17.5 Å². The molecule has 0 aromatic heterocycles. The van der Waals surface area contributed by atoms with Crippen LogP contribution in [0.1, 0.15) is 20.7 Å². The lowest BCUT2D eigenvalue weighted by Gasteiger charge is -2.33. The summed E-state index contributed by atoms with van der Waals surface area (Å²) in [4.78, 5) is 58.8. The van der Waals surface area contributed by atoms with Crippen LogP contribution in [0.4, 0.5) is 5.69 Å². The van der Waals surface area contributed by atoms with Crippen molar-refractivity contribution in [1.29, 1.82) is 0 Å². The van der Waals surface area contributed by atoms with Crippen LogP contribution < -0.4 is 4.90 Å². The number of hydrogen-bond acceptors (Lipinski definition) is 5. The number of ketones is 2. The van der Waals surface area contributed by atoms with Crippen molar-refractivity contribution < 1.29 is 19.2 Å². The van der Waals surface area contributed by atoms with Crippen LogP contribution in [0.2, 0.25) is 5.02 Å². The predicted octanol–water partition coefficient (Wildman–Crippen LogP) is 5.87. The van der Waals surface area contributed by atoms with Gasteiger partial charge >= 0.3 is 0 Å². The second-order valence-corrected chi connectivity index (χ2v) is 10.9. The van der Waals surface area contributed by atoms with Crippen LogP contribution in [0.25, 0.3) is 10.8 Å². The van der Waals surface area contributed by atoms with E-state index in [4.69, 9.17) is 11.6 Å². The van der Waals surface area contributed by atoms with Gasteiger partial charge in [0.25, 0.3) is 0 Å². The van der Waals surface area contributed by atoms with Gasteiger partial charge in [0, 0.05) is 33.3 Å². The van der Waals surface area contributed by atoms with Crippen LogP contribution in [0.3, 0.4) is 0 Å². The molecule has 4 aromatic carbocycles. The first kappa shape index (κ1) is 25.2. The molecule has 0 saturated carbocycles. The van der Waals surface area contributed by atoms with Gasteiger partial charge in [-0.05, 0) is 41.8 Å². The van der Waals surface area contributed by atoms with Crippen molar-refractivity contribution in [3.05, 3.63) is 137 Å². The van der Waals surface area contributed by atoms with Gasteiger partial charge in [0.1, 0.15) is 6.04 Å². The number of carbonyl (C=O) groups is 4. The number of fused-ring (bicyclic) bond motifs is 4. The maximum atomic E-state index is 14.2. The lowest BCUT2D eigenvalue weighted by Crippen LogP contribution is -2.46. The van der Waals surface area contributed by atoms with Gasteiger partial charge in [-0.15, -0.1) is 0 Å². The van der Waals surface area contributed by atoms with Crippen molar-refractivity contribution in [1.82, 2.24) is 4.90 Å². The molecule has 0 unspecified atom stereocenters. The number of allylic oxidation sites excluding steroid dienone is 2. The molecule has 0 bridgehead atoms. The Labute approximate surface area is 241 Å². The van der Waals surface area contributed by atoms with E-state index in [0.29, 0.717) is 27.4 Å². The lowest BCUT2D eigenvalue weighted by atomic mass is 9.85. The van der Waals surface area contributed by atoms with E-state index in [1.807, 2.05) is 42.5 Å². The molecule has 4 aromatic rings. The molecule has 7 rings (SSSR count). The minimum Gasteiger partial charge on any atom is -0.359 e. The first-order valence-corrected chi connectivity index (χ1v) is 13.7. The summed E-state index contributed by atoms with van der Waals surface area (Å²) in [6.45, 7) is 0. The Morgan fingerprint density at radius 3 is 2.17 bits per heavy atom. The molecular weight excluding hydrogens is 536 g/mol. The molecule has 7 heteroatoms. The van der Waals surface area contributed by atoms with Gasteiger partial charge in [-0.1, -0.05) is 84.4 Å². The van der Waals surface area contributed by atoms with E-state index < -0.39 is 29.8 Å². The smallest absolute Gasteiger partial charge is 0.240 e. The Hall–Kier alpha value is -4.81.